The van der Waals surface area contributed by atoms with Crippen LogP contribution in [-0.4, -0.2) is 49.2 Å². The maximum Gasteiger partial charge on any atom is 0.159 e. The standard InChI is InChI=1S/C15H19Cl2NO3/c1-18(3-2-14-20-4-5-21-14)15-11-6-9(16)7-12(17)10(11)8-13(15)19/h6-7,13-15,19H,2-5,8H2,1H3/t13-,15-/m0/s1. The molecule has 0 bridgehead atoms. The Labute approximate surface area is 134 Å². The lowest BCUT2D eigenvalue weighted by Crippen LogP contribution is -2.33. The van der Waals surface area contributed by atoms with Crippen LogP contribution in [0.1, 0.15) is 23.6 Å². The predicted octanol–water partition coefficient (Wildman–Crippen LogP) is 2.65. The van der Waals surface area contributed by atoms with Gasteiger partial charge in [0.25, 0.3) is 0 Å². The molecular formula is C15H19Cl2NO3. The molecule has 1 aromatic carbocycles. The Bertz CT molecular complexity index is 520. The summed E-state index contributed by atoms with van der Waals surface area (Å²) in [5.74, 6) is 0. The van der Waals surface area contributed by atoms with Crippen LogP contribution in [-0.2, 0) is 15.9 Å². The Hall–Kier alpha value is -0.360. The van der Waals surface area contributed by atoms with E-state index in [1.165, 1.54) is 0 Å². The van der Waals surface area contributed by atoms with Gasteiger partial charge in [-0.15, -0.1) is 0 Å². The Balaban J connectivity index is 1.73. The summed E-state index contributed by atoms with van der Waals surface area (Å²) in [4.78, 5) is 2.12. The van der Waals surface area contributed by atoms with E-state index < -0.39 is 6.10 Å². The molecule has 0 spiro atoms. The zero-order valence-electron chi connectivity index (χ0n) is 11.9. The first-order chi connectivity index (χ1) is 10.1. The van der Waals surface area contributed by atoms with E-state index >= 15 is 0 Å². The molecule has 1 saturated heterocycles. The highest BCUT2D eigenvalue weighted by atomic mass is 35.5. The van der Waals surface area contributed by atoms with Gasteiger partial charge in [-0.05, 0) is 30.3 Å². The van der Waals surface area contributed by atoms with Crippen LogP contribution in [0.5, 0.6) is 0 Å². The van der Waals surface area contributed by atoms with Gasteiger partial charge in [0, 0.05) is 29.4 Å². The Morgan fingerprint density at radius 2 is 2.00 bits per heavy atom. The van der Waals surface area contributed by atoms with E-state index in [1.54, 1.807) is 6.07 Å². The number of halogens is 2. The van der Waals surface area contributed by atoms with Crippen LogP contribution in [0.15, 0.2) is 12.1 Å². The van der Waals surface area contributed by atoms with E-state index in [9.17, 15) is 5.11 Å². The summed E-state index contributed by atoms with van der Waals surface area (Å²) in [5, 5.41) is 11.6. The molecule has 1 aromatic rings. The van der Waals surface area contributed by atoms with Crippen LogP contribution in [0.4, 0.5) is 0 Å². The molecular weight excluding hydrogens is 313 g/mol. The number of hydrogen-bond acceptors (Lipinski definition) is 4. The first kappa shape index (κ1) is 15.5. The maximum atomic E-state index is 10.4. The number of likely N-dealkylation sites (N-methyl/N-ethyl adjacent to an activating group) is 1. The largest absolute Gasteiger partial charge is 0.391 e. The van der Waals surface area contributed by atoms with Crippen LogP contribution < -0.4 is 0 Å². The second-order valence-corrected chi connectivity index (χ2v) is 6.46. The second kappa shape index (κ2) is 6.41. The first-order valence-corrected chi connectivity index (χ1v) is 7.91. The van der Waals surface area contributed by atoms with Gasteiger partial charge in [-0.1, -0.05) is 23.2 Å². The molecule has 0 unspecified atom stereocenters. The average Bonchev–Trinajstić information content (AvgIpc) is 3.03. The maximum absolute atomic E-state index is 10.4. The van der Waals surface area contributed by atoms with Crippen molar-refractivity contribution in [2.75, 3.05) is 26.8 Å². The molecule has 1 aliphatic heterocycles. The molecule has 0 aromatic heterocycles. The van der Waals surface area contributed by atoms with Gasteiger partial charge in [0.2, 0.25) is 0 Å². The molecule has 116 valence electrons. The highest BCUT2D eigenvalue weighted by Crippen LogP contribution is 2.40. The van der Waals surface area contributed by atoms with Crippen LogP contribution in [0.3, 0.4) is 0 Å². The smallest absolute Gasteiger partial charge is 0.159 e. The lowest BCUT2D eigenvalue weighted by molar-refractivity contribution is -0.0547. The molecule has 4 nitrogen and oxygen atoms in total. The Morgan fingerprint density at radius 1 is 1.29 bits per heavy atom. The SMILES string of the molecule is CN(CCC1OCCO1)[C@H]1c2cc(Cl)cc(Cl)c2C[C@@H]1O. The highest BCUT2D eigenvalue weighted by molar-refractivity contribution is 6.35. The molecule has 0 amide bonds. The minimum Gasteiger partial charge on any atom is -0.391 e. The number of fused-ring (bicyclic) bond motifs is 1. The number of ether oxygens (including phenoxy) is 2. The van der Waals surface area contributed by atoms with Crippen molar-refractivity contribution < 1.29 is 14.6 Å². The van der Waals surface area contributed by atoms with Crippen molar-refractivity contribution in [3.05, 3.63) is 33.3 Å². The minimum absolute atomic E-state index is 0.0856. The van der Waals surface area contributed by atoms with Gasteiger partial charge >= 0.3 is 0 Å². The van der Waals surface area contributed by atoms with Crippen LogP contribution in [0.2, 0.25) is 10.0 Å². The number of aliphatic hydroxyl groups excluding tert-OH is 1. The summed E-state index contributed by atoms with van der Waals surface area (Å²) in [6.07, 6.45) is 0.750. The summed E-state index contributed by atoms with van der Waals surface area (Å²) in [6, 6.07) is 3.55. The number of hydrogen-bond donors (Lipinski definition) is 1. The Morgan fingerprint density at radius 3 is 2.71 bits per heavy atom. The van der Waals surface area contributed by atoms with Crippen molar-refractivity contribution in [2.45, 2.75) is 31.3 Å². The van der Waals surface area contributed by atoms with E-state index in [1.807, 2.05) is 13.1 Å². The zero-order chi connectivity index (χ0) is 15.0. The molecule has 1 N–H and O–H groups in total. The third kappa shape index (κ3) is 3.21. The molecule has 1 heterocycles. The third-order valence-corrected chi connectivity index (χ3v) is 4.73. The second-order valence-electron chi connectivity index (χ2n) is 5.61. The molecule has 2 atom stereocenters. The summed E-state index contributed by atoms with van der Waals surface area (Å²) in [5.41, 5.74) is 2.02. The molecule has 3 rings (SSSR count). The fraction of sp³-hybridized carbons (Fsp3) is 0.600. The van der Waals surface area contributed by atoms with Crippen LogP contribution >= 0.6 is 23.2 Å². The monoisotopic (exact) mass is 331 g/mol. The quantitative estimate of drug-likeness (QED) is 0.920. The molecule has 21 heavy (non-hydrogen) atoms. The van der Waals surface area contributed by atoms with Crippen molar-refractivity contribution in [1.29, 1.82) is 0 Å². The number of aliphatic hydroxyl groups is 1. The summed E-state index contributed by atoms with van der Waals surface area (Å²) < 4.78 is 10.9. The predicted molar refractivity (Wildman–Crippen MR) is 81.9 cm³/mol. The van der Waals surface area contributed by atoms with Crippen molar-refractivity contribution in [3.63, 3.8) is 0 Å². The summed E-state index contributed by atoms with van der Waals surface area (Å²) >= 11 is 12.3. The number of rotatable bonds is 4. The van der Waals surface area contributed by atoms with E-state index in [-0.39, 0.29) is 12.3 Å². The van der Waals surface area contributed by atoms with Crippen LogP contribution in [0, 0.1) is 0 Å². The lowest BCUT2D eigenvalue weighted by atomic mass is 10.1. The Kier molecular flexibility index (Phi) is 4.74. The summed E-state index contributed by atoms with van der Waals surface area (Å²) in [6.45, 7) is 2.10. The van der Waals surface area contributed by atoms with Crippen molar-refractivity contribution >= 4 is 23.2 Å². The van der Waals surface area contributed by atoms with E-state index in [0.29, 0.717) is 29.7 Å². The van der Waals surface area contributed by atoms with Crippen molar-refractivity contribution in [2.24, 2.45) is 0 Å². The fourth-order valence-electron chi connectivity index (χ4n) is 3.18. The molecule has 0 radical (unpaired) electrons. The third-order valence-electron chi connectivity index (χ3n) is 4.17. The normalized spacial score (nSPS) is 25.8. The van der Waals surface area contributed by atoms with E-state index in [2.05, 4.69) is 4.90 Å². The molecule has 1 fully saturated rings. The highest BCUT2D eigenvalue weighted by Gasteiger charge is 2.35. The summed E-state index contributed by atoms with van der Waals surface area (Å²) in [7, 11) is 1.99. The van der Waals surface area contributed by atoms with E-state index in [4.69, 9.17) is 32.7 Å². The fourth-order valence-corrected chi connectivity index (χ4v) is 3.77. The van der Waals surface area contributed by atoms with Gasteiger partial charge in [0.15, 0.2) is 6.29 Å². The molecule has 1 aliphatic carbocycles. The average molecular weight is 332 g/mol. The van der Waals surface area contributed by atoms with Crippen molar-refractivity contribution in [3.8, 4) is 0 Å². The van der Waals surface area contributed by atoms with Crippen molar-refractivity contribution in [1.82, 2.24) is 4.90 Å². The molecule has 2 aliphatic rings. The van der Waals surface area contributed by atoms with Gasteiger partial charge in [-0.25, -0.2) is 0 Å². The van der Waals surface area contributed by atoms with E-state index in [0.717, 1.165) is 24.1 Å². The number of nitrogens with zero attached hydrogens (tertiary/aromatic N) is 1. The first-order valence-electron chi connectivity index (χ1n) is 7.15. The topological polar surface area (TPSA) is 41.9 Å². The van der Waals surface area contributed by atoms with Gasteiger partial charge in [-0.2, -0.15) is 0 Å². The lowest BCUT2D eigenvalue weighted by Gasteiger charge is -2.28. The van der Waals surface area contributed by atoms with Gasteiger partial charge in [-0.3, -0.25) is 4.90 Å². The molecule has 0 saturated carbocycles. The van der Waals surface area contributed by atoms with Gasteiger partial charge < -0.3 is 14.6 Å². The van der Waals surface area contributed by atoms with Gasteiger partial charge in [0.1, 0.15) is 0 Å². The zero-order valence-corrected chi connectivity index (χ0v) is 13.4. The van der Waals surface area contributed by atoms with Crippen LogP contribution in [0.25, 0.3) is 0 Å². The minimum atomic E-state index is -0.466. The van der Waals surface area contributed by atoms with Gasteiger partial charge in [0.05, 0.1) is 25.4 Å². The number of benzene rings is 1. The molecule has 6 heteroatoms.